The molecule has 0 saturated carbocycles. The average Bonchev–Trinajstić information content (AvgIpc) is 2.46. The Labute approximate surface area is 139 Å². The highest BCUT2D eigenvalue weighted by molar-refractivity contribution is 6.29. The van der Waals surface area contributed by atoms with Gasteiger partial charge in [0.25, 0.3) is 0 Å². The van der Waals surface area contributed by atoms with E-state index in [0.29, 0.717) is 11.1 Å². The number of aromatic nitrogens is 2. The van der Waals surface area contributed by atoms with Crippen molar-refractivity contribution in [3.8, 4) is 0 Å². The molecule has 2 aromatic rings. The fraction of sp³-hybridized carbons (Fsp3) is 0.375. The van der Waals surface area contributed by atoms with Crippen LogP contribution in [0.3, 0.4) is 0 Å². The van der Waals surface area contributed by atoms with Crippen LogP contribution in [0.1, 0.15) is 18.5 Å². The topological polar surface area (TPSA) is 50.3 Å². The van der Waals surface area contributed by atoms with Gasteiger partial charge in [0.15, 0.2) is 0 Å². The van der Waals surface area contributed by atoms with E-state index in [-0.39, 0.29) is 18.0 Å². The number of ether oxygens (including phenoxy) is 1. The summed E-state index contributed by atoms with van der Waals surface area (Å²) >= 11 is 6.10. The largest absolute Gasteiger partial charge is 0.378 e. The number of halogens is 2. The van der Waals surface area contributed by atoms with Crippen molar-refractivity contribution in [2.45, 2.75) is 19.1 Å². The number of methoxy groups -OCH3 is 1. The van der Waals surface area contributed by atoms with E-state index in [1.807, 2.05) is 6.92 Å². The van der Waals surface area contributed by atoms with Crippen LogP contribution in [0, 0.1) is 5.82 Å². The maximum atomic E-state index is 13.0. The van der Waals surface area contributed by atoms with E-state index < -0.39 is 0 Å². The molecule has 1 aromatic heterocycles. The Kier molecular flexibility index (Phi) is 4.63. The second-order valence-corrected chi connectivity index (χ2v) is 5.94. The summed E-state index contributed by atoms with van der Waals surface area (Å²) in [7, 11) is 1.70. The molecule has 1 fully saturated rings. The van der Waals surface area contributed by atoms with Crippen molar-refractivity contribution in [2.75, 3.05) is 30.4 Å². The second-order valence-electron chi connectivity index (χ2n) is 5.55. The molecule has 2 heterocycles. The summed E-state index contributed by atoms with van der Waals surface area (Å²) in [6.07, 6.45) is 0.235. The van der Waals surface area contributed by atoms with Crippen molar-refractivity contribution in [1.82, 2.24) is 9.97 Å². The fourth-order valence-corrected chi connectivity index (χ4v) is 2.61. The molecule has 1 atom stereocenters. The smallest absolute Gasteiger partial charge is 0.226 e. The Balaban J connectivity index is 1.72. The third-order valence-electron chi connectivity index (χ3n) is 3.90. The molecule has 1 saturated heterocycles. The number of nitrogens with zero attached hydrogens (tertiary/aromatic N) is 3. The molecule has 5 nitrogen and oxygen atoms in total. The van der Waals surface area contributed by atoms with Crippen molar-refractivity contribution >= 4 is 23.4 Å². The Bertz CT molecular complexity index is 676. The highest BCUT2D eigenvalue weighted by Crippen LogP contribution is 2.25. The lowest BCUT2D eigenvalue weighted by molar-refractivity contribution is 0.0783. The molecule has 0 bridgehead atoms. The summed E-state index contributed by atoms with van der Waals surface area (Å²) in [6, 6.07) is 8.01. The summed E-state index contributed by atoms with van der Waals surface area (Å²) in [5.74, 6) is 0.963. The van der Waals surface area contributed by atoms with E-state index in [1.54, 1.807) is 25.3 Å². The van der Waals surface area contributed by atoms with Crippen LogP contribution in [-0.4, -0.2) is 36.3 Å². The van der Waals surface area contributed by atoms with Crippen LogP contribution in [0.15, 0.2) is 30.3 Å². The monoisotopic (exact) mass is 336 g/mol. The van der Waals surface area contributed by atoms with Crippen molar-refractivity contribution in [1.29, 1.82) is 0 Å². The Hall–Kier alpha value is -1.92. The van der Waals surface area contributed by atoms with Crippen molar-refractivity contribution < 1.29 is 9.13 Å². The summed E-state index contributed by atoms with van der Waals surface area (Å²) in [4.78, 5) is 10.8. The minimum Gasteiger partial charge on any atom is -0.378 e. The number of rotatable bonds is 5. The molecule has 1 unspecified atom stereocenters. The summed E-state index contributed by atoms with van der Waals surface area (Å²) in [5.41, 5.74) is 0.944. The molecule has 0 radical (unpaired) electrons. The first-order valence-electron chi connectivity index (χ1n) is 7.39. The van der Waals surface area contributed by atoms with E-state index in [9.17, 15) is 4.39 Å². The molecular formula is C16H18ClFN4O. The van der Waals surface area contributed by atoms with Gasteiger partial charge in [0.2, 0.25) is 5.95 Å². The Morgan fingerprint density at radius 3 is 2.65 bits per heavy atom. The van der Waals surface area contributed by atoms with Gasteiger partial charge in [-0.25, -0.2) is 9.37 Å². The van der Waals surface area contributed by atoms with Crippen molar-refractivity contribution in [3.63, 3.8) is 0 Å². The van der Waals surface area contributed by atoms with Gasteiger partial charge in [-0.1, -0.05) is 23.7 Å². The second kappa shape index (κ2) is 6.68. The highest BCUT2D eigenvalue weighted by Gasteiger charge is 2.28. The zero-order chi connectivity index (χ0) is 16.4. The third-order valence-corrected chi connectivity index (χ3v) is 4.10. The third kappa shape index (κ3) is 3.71. The molecule has 7 heteroatoms. The summed E-state index contributed by atoms with van der Waals surface area (Å²) in [5, 5.41) is 3.58. The number of nitrogens with one attached hydrogen (secondary N) is 1. The maximum Gasteiger partial charge on any atom is 0.226 e. The first-order valence-corrected chi connectivity index (χ1v) is 7.77. The van der Waals surface area contributed by atoms with Crippen LogP contribution in [-0.2, 0) is 4.74 Å². The average molecular weight is 337 g/mol. The van der Waals surface area contributed by atoms with Crippen LogP contribution in [0.5, 0.6) is 0 Å². The van der Waals surface area contributed by atoms with Gasteiger partial charge in [-0.2, -0.15) is 4.98 Å². The molecule has 23 heavy (non-hydrogen) atoms. The van der Waals surface area contributed by atoms with Gasteiger partial charge in [-0.3, -0.25) is 0 Å². The van der Waals surface area contributed by atoms with Gasteiger partial charge in [0.05, 0.1) is 12.1 Å². The summed E-state index contributed by atoms with van der Waals surface area (Å²) < 4.78 is 18.3. The van der Waals surface area contributed by atoms with Gasteiger partial charge in [-0.05, 0) is 24.6 Å². The number of hydrogen-bond acceptors (Lipinski definition) is 5. The van der Waals surface area contributed by atoms with Gasteiger partial charge in [-0.15, -0.1) is 0 Å². The predicted molar refractivity (Wildman–Crippen MR) is 88.5 cm³/mol. The number of hydrogen-bond donors (Lipinski definition) is 1. The lowest BCUT2D eigenvalue weighted by Gasteiger charge is -2.39. The molecule has 0 aliphatic carbocycles. The quantitative estimate of drug-likeness (QED) is 0.849. The highest BCUT2D eigenvalue weighted by atomic mass is 35.5. The SMILES string of the molecule is COC1CN(c2cc(Cl)nc(NC(C)c3ccc(F)cc3)n2)C1. The Morgan fingerprint density at radius 1 is 1.30 bits per heavy atom. The maximum absolute atomic E-state index is 13.0. The minimum atomic E-state index is -0.257. The van der Waals surface area contributed by atoms with E-state index in [1.165, 1.54) is 12.1 Å². The van der Waals surface area contributed by atoms with E-state index in [0.717, 1.165) is 24.5 Å². The van der Waals surface area contributed by atoms with Gasteiger partial charge in [0.1, 0.15) is 16.8 Å². The van der Waals surface area contributed by atoms with Crippen LogP contribution in [0.2, 0.25) is 5.15 Å². The van der Waals surface area contributed by atoms with Crippen LogP contribution >= 0.6 is 11.6 Å². The zero-order valence-electron chi connectivity index (χ0n) is 13.0. The number of anilines is 2. The predicted octanol–water partition coefficient (Wildman–Crippen LogP) is 3.28. The lowest BCUT2D eigenvalue weighted by Crippen LogP contribution is -2.52. The molecule has 1 aliphatic rings. The normalized spacial score (nSPS) is 16.1. The van der Waals surface area contributed by atoms with Crippen molar-refractivity contribution in [2.24, 2.45) is 0 Å². The van der Waals surface area contributed by atoms with Crippen molar-refractivity contribution in [3.05, 3.63) is 46.9 Å². The molecule has 1 aromatic carbocycles. The van der Waals surface area contributed by atoms with E-state index in [2.05, 4.69) is 20.2 Å². The molecular weight excluding hydrogens is 319 g/mol. The van der Waals surface area contributed by atoms with E-state index in [4.69, 9.17) is 16.3 Å². The minimum absolute atomic E-state index is 0.0648. The lowest BCUT2D eigenvalue weighted by atomic mass is 10.1. The zero-order valence-corrected chi connectivity index (χ0v) is 13.7. The molecule has 0 spiro atoms. The van der Waals surface area contributed by atoms with Crippen LogP contribution in [0.25, 0.3) is 0 Å². The molecule has 1 N–H and O–H groups in total. The Morgan fingerprint density at radius 2 is 2.00 bits per heavy atom. The van der Waals surface area contributed by atoms with Gasteiger partial charge < -0.3 is 15.0 Å². The number of benzene rings is 1. The van der Waals surface area contributed by atoms with Crippen LogP contribution in [0.4, 0.5) is 16.2 Å². The van der Waals surface area contributed by atoms with E-state index >= 15 is 0 Å². The van der Waals surface area contributed by atoms with Gasteiger partial charge in [0, 0.05) is 26.3 Å². The summed E-state index contributed by atoms with van der Waals surface area (Å²) in [6.45, 7) is 3.54. The first kappa shape index (κ1) is 16.0. The standard InChI is InChI=1S/C16H18ClFN4O/c1-10(11-3-5-12(18)6-4-11)19-16-20-14(17)7-15(21-16)22-8-13(9-22)23-2/h3-7,10,13H,8-9H2,1-2H3,(H,19,20,21). The van der Waals surface area contributed by atoms with Crippen LogP contribution < -0.4 is 10.2 Å². The molecule has 0 amide bonds. The molecule has 1 aliphatic heterocycles. The molecule has 3 rings (SSSR count). The van der Waals surface area contributed by atoms with Gasteiger partial charge >= 0.3 is 0 Å². The molecule has 122 valence electrons. The fourth-order valence-electron chi connectivity index (χ4n) is 2.44. The first-order chi connectivity index (χ1) is 11.0.